The van der Waals surface area contributed by atoms with E-state index in [0.29, 0.717) is 22.6 Å². The Labute approximate surface area is 173 Å². The standard InChI is InChI=1S/C24H20FNO4/c1-28-15-21-20-10-2-3-11-22(20)30-23(21)24(27)26-18-8-4-6-16(12-18)14-29-19-9-5-7-17(25)13-19/h2-13H,14-15H2,1H3,(H,26,27). The second-order valence-corrected chi connectivity index (χ2v) is 6.74. The fourth-order valence-corrected chi connectivity index (χ4v) is 3.22. The van der Waals surface area contributed by atoms with E-state index in [2.05, 4.69) is 5.32 Å². The minimum absolute atomic E-state index is 0.222. The fraction of sp³-hybridized carbons (Fsp3) is 0.125. The van der Waals surface area contributed by atoms with E-state index in [-0.39, 0.29) is 30.7 Å². The van der Waals surface area contributed by atoms with Crippen molar-refractivity contribution in [1.29, 1.82) is 0 Å². The van der Waals surface area contributed by atoms with Gasteiger partial charge >= 0.3 is 0 Å². The lowest BCUT2D eigenvalue weighted by atomic mass is 10.1. The highest BCUT2D eigenvalue weighted by Gasteiger charge is 2.20. The number of nitrogens with one attached hydrogen (secondary N) is 1. The molecule has 0 unspecified atom stereocenters. The Bertz CT molecular complexity index is 1180. The third-order valence-electron chi connectivity index (χ3n) is 4.58. The molecule has 1 heterocycles. The molecule has 1 aromatic heterocycles. The monoisotopic (exact) mass is 405 g/mol. The van der Waals surface area contributed by atoms with Crippen LogP contribution in [-0.4, -0.2) is 13.0 Å². The summed E-state index contributed by atoms with van der Waals surface area (Å²) in [6, 6.07) is 20.7. The van der Waals surface area contributed by atoms with Crippen LogP contribution in [0.15, 0.2) is 77.2 Å². The van der Waals surface area contributed by atoms with Gasteiger partial charge in [0, 0.05) is 29.8 Å². The van der Waals surface area contributed by atoms with Crippen LogP contribution in [-0.2, 0) is 18.0 Å². The predicted molar refractivity (Wildman–Crippen MR) is 112 cm³/mol. The van der Waals surface area contributed by atoms with Crippen LogP contribution in [0.4, 0.5) is 10.1 Å². The van der Waals surface area contributed by atoms with Crippen molar-refractivity contribution in [2.75, 3.05) is 12.4 Å². The lowest BCUT2D eigenvalue weighted by molar-refractivity contribution is 0.0992. The molecule has 0 aliphatic rings. The first-order chi connectivity index (χ1) is 14.6. The Morgan fingerprint density at radius 2 is 1.83 bits per heavy atom. The van der Waals surface area contributed by atoms with E-state index in [1.165, 1.54) is 12.1 Å². The quantitative estimate of drug-likeness (QED) is 0.438. The highest BCUT2D eigenvalue weighted by atomic mass is 19.1. The molecule has 0 saturated carbocycles. The predicted octanol–water partition coefficient (Wildman–Crippen LogP) is 5.55. The van der Waals surface area contributed by atoms with Gasteiger partial charge in [0.15, 0.2) is 5.76 Å². The van der Waals surface area contributed by atoms with Gasteiger partial charge in [-0.25, -0.2) is 4.39 Å². The highest BCUT2D eigenvalue weighted by Crippen LogP contribution is 2.27. The zero-order valence-electron chi connectivity index (χ0n) is 16.4. The van der Waals surface area contributed by atoms with E-state index >= 15 is 0 Å². The van der Waals surface area contributed by atoms with Crippen LogP contribution in [0.5, 0.6) is 5.75 Å². The van der Waals surface area contributed by atoms with Crippen LogP contribution in [0.2, 0.25) is 0 Å². The maximum Gasteiger partial charge on any atom is 0.291 e. The van der Waals surface area contributed by atoms with Gasteiger partial charge in [-0.15, -0.1) is 0 Å². The van der Waals surface area contributed by atoms with Crippen LogP contribution in [0.25, 0.3) is 11.0 Å². The first kappa shape index (κ1) is 19.7. The van der Waals surface area contributed by atoms with E-state index in [1.807, 2.05) is 36.4 Å². The van der Waals surface area contributed by atoms with Gasteiger partial charge in [-0.3, -0.25) is 4.79 Å². The van der Waals surface area contributed by atoms with Crippen molar-refractivity contribution < 1.29 is 23.1 Å². The zero-order valence-corrected chi connectivity index (χ0v) is 16.4. The number of halogens is 1. The summed E-state index contributed by atoms with van der Waals surface area (Å²) in [5, 5.41) is 3.71. The maximum absolute atomic E-state index is 13.3. The molecule has 30 heavy (non-hydrogen) atoms. The molecule has 4 aromatic rings. The molecule has 5 nitrogen and oxygen atoms in total. The molecule has 0 aliphatic carbocycles. The summed E-state index contributed by atoms with van der Waals surface area (Å²) in [6.07, 6.45) is 0. The molecular formula is C24H20FNO4. The normalized spacial score (nSPS) is 10.9. The van der Waals surface area contributed by atoms with E-state index in [9.17, 15) is 9.18 Å². The number of carbonyl (C=O) groups is 1. The molecule has 3 aromatic carbocycles. The SMILES string of the molecule is COCc1c(C(=O)Nc2cccc(COc3cccc(F)c3)c2)oc2ccccc12. The van der Waals surface area contributed by atoms with Crippen molar-refractivity contribution in [3.63, 3.8) is 0 Å². The highest BCUT2D eigenvalue weighted by molar-refractivity contribution is 6.06. The number of benzene rings is 3. The molecule has 4 rings (SSSR count). The Hall–Kier alpha value is -3.64. The van der Waals surface area contributed by atoms with E-state index in [0.717, 1.165) is 10.9 Å². The Kier molecular flexibility index (Phi) is 5.77. The summed E-state index contributed by atoms with van der Waals surface area (Å²) in [7, 11) is 1.57. The van der Waals surface area contributed by atoms with Gasteiger partial charge in [0.2, 0.25) is 0 Å². The lowest BCUT2D eigenvalue weighted by Crippen LogP contribution is -2.13. The number of amides is 1. The molecule has 152 valence electrons. The number of rotatable bonds is 7. The Morgan fingerprint density at radius 3 is 2.67 bits per heavy atom. The molecule has 0 radical (unpaired) electrons. The largest absolute Gasteiger partial charge is 0.489 e. The smallest absolute Gasteiger partial charge is 0.291 e. The van der Waals surface area contributed by atoms with Gasteiger partial charge in [-0.05, 0) is 35.9 Å². The number of methoxy groups -OCH3 is 1. The summed E-state index contributed by atoms with van der Waals surface area (Å²) >= 11 is 0. The lowest BCUT2D eigenvalue weighted by Gasteiger charge is -2.09. The molecule has 0 spiro atoms. The summed E-state index contributed by atoms with van der Waals surface area (Å²) < 4.78 is 29.9. The van der Waals surface area contributed by atoms with Crippen LogP contribution < -0.4 is 10.1 Å². The number of anilines is 1. The van der Waals surface area contributed by atoms with Gasteiger partial charge in [0.25, 0.3) is 5.91 Å². The molecule has 0 aliphatic heterocycles. The fourth-order valence-electron chi connectivity index (χ4n) is 3.22. The average molecular weight is 405 g/mol. The number of ether oxygens (including phenoxy) is 2. The van der Waals surface area contributed by atoms with Crippen LogP contribution >= 0.6 is 0 Å². The third-order valence-corrected chi connectivity index (χ3v) is 4.58. The third kappa shape index (κ3) is 4.34. The second kappa shape index (κ2) is 8.80. The van der Waals surface area contributed by atoms with E-state index < -0.39 is 0 Å². The van der Waals surface area contributed by atoms with Crippen LogP contribution in [0.3, 0.4) is 0 Å². The topological polar surface area (TPSA) is 60.7 Å². The van der Waals surface area contributed by atoms with Gasteiger partial charge in [-0.1, -0.05) is 36.4 Å². The molecular weight excluding hydrogens is 385 g/mol. The average Bonchev–Trinajstić information content (AvgIpc) is 3.12. The molecule has 0 saturated heterocycles. The summed E-state index contributed by atoms with van der Waals surface area (Å²) in [6.45, 7) is 0.508. The summed E-state index contributed by atoms with van der Waals surface area (Å²) in [5.41, 5.74) is 2.77. The zero-order chi connectivity index (χ0) is 20.9. The number of para-hydroxylation sites is 1. The molecule has 1 N–H and O–H groups in total. The minimum Gasteiger partial charge on any atom is -0.489 e. The minimum atomic E-state index is -0.360. The Morgan fingerprint density at radius 1 is 1.00 bits per heavy atom. The van der Waals surface area contributed by atoms with Crippen molar-refractivity contribution in [2.45, 2.75) is 13.2 Å². The number of hydrogen-bond acceptors (Lipinski definition) is 4. The molecule has 6 heteroatoms. The van der Waals surface area contributed by atoms with Crippen LogP contribution in [0, 0.1) is 5.82 Å². The van der Waals surface area contributed by atoms with Crippen molar-refractivity contribution in [3.05, 3.63) is 95.5 Å². The van der Waals surface area contributed by atoms with Gasteiger partial charge < -0.3 is 19.2 Å². The number of furan rings is 1. The van der Waals surface area contributed by atoms with Crippen molar-refractivity contribution in [2.24, 2.45) is 0 Å². The maximum atomic E-state index is 13.3. The van der Waals surface area contributed by atoms with Crippen molar-refractivity contribution in [1.82, 2.24) is 0 Å². The van der Waals surface area contributed by atoms with Gasteiger partial charge in [0.1, 0.15) is 23.8 Å². The van der Waals surface area contributed by atoms with Gasteiger partial charge in [-0.2, -0.15) is 0 Å². The number of fused-ring (bicyclic) bond motifs is 1. The summed E-state index contributed by atoms with van der Waals surface area (Å²) in [5.74, 6) is -0.0527. The molecule has 0 fully saturated rings. The second-order valence-electron chi connectivity index (χ2n) is 6.74. The van der Waals surface area contributed by atoms with Gasteiger partial charge in [0.05, 0.1) is 6.61 Å². The first-order valence-electron chi connectivity index (χ1n) is 9.42. The molecule has 0 atom stereocenters. The van der Waals surface area contributed by atoms with Crippen molar-refractivity contribution in [3.8, 4) is 5.75 Å². The number of carbonyl (C=O) groups excluding carboxylic acids is 1. The summed E-state index contributed by atoms with van der Waals surface area (Å²) in [4.78, 5) is 12.9. The van der Waals surface area contributed by atoms with E-state index in [4.69, 9.17) is 13.9 Å². The van der Waals surface area contributed by atoms with Crippen LogP contribution in [0.1, 0.15) is 21.7 Å². The Balaban J connectivity index is 1.50. The molecule has 0 bridgehead atoms. The molecule has 1 amide bonds. The number of hydrogen-bond donors (Lipinski definition) is 1. The first-order valence-corrected chi connectivity index (χ1v) is 9.42. The van der Waals surface area contributed by atoms with Crippen molar-refractivity contribution >= 4 is 22.6 Å². The van der Waals surface area contributed by atoms with E-state index in [1.54, 1.807) is 31.4 Å².